The molecule has 1 amide bonds. The fraction of sp³-hybridized carbons (Fsp3) is 0.300. The van der Waals surface area contributed by atoms with Crippen LogP contribution < -0.4 is 11.1 Å². The Morgan fingerprint density at radius 3 is 2.24 bits per heavy atom. The van der Waals surface area contributed by atoms with Crippen LogP contribution in [0.15, 0.2) is 54.6 Å². The maximum Gasteiger partial charge on any atom is 0.224 e. The number of ketones is 1. The van der Waals surface area contributed by atoms with Gasteiger partial charge in [-0.1, -0.05) is 55.3 Å². The van der Waals surface area contributed by atoms with Crippen LogP contribution in [0.5, 0.6) is 0 Å². The van der Waals surface area contributed by atoms with Gasteiger partial charge in [-0.3, -0.25) is 9.59 Å². The summed E-state index contributed by atoms with van der Waals surface area (Å²) in [4.78, 5) is 24.4. The number of carbonyl (C=O) groups is 2. The average Bonchev–Trinajstić information content (AvgIpc) is 2.62. The topological polar surface area (TPSA) is 72.2 Å². The second-order valence-corrected chi connectivity index (χ2v) is 5.78. The Kier molecular flexibility index (Phi) is 9.51. The minimum absolute atomic E-state index is 0. The maximum atomic E-state index is 12.4. The quantitative estimate of drug-likeness (QED) is 0.520. The minimum Gasteiger partial charge on any atom is -0.330 e. The van der Waals surface area contributed by atoms with Crippen LogP contribution in [0.25, 0.3) is 0 Å². The monoisotopic (exact) mass is 360 g/mol. The molecule has 0 unspecified atom stereocenters. The van der Waals surface area contributed by atoms with Gasteiger partial charge in [-0.25, -0.2) is 0 Å². The molecule has 2 aromatic rings. The lowest BCUT2D eigenvalue weighted by Gasteiger charge is -2.07. The van der Waals surface area contributed by atoms with Crippen molar-refractivity contribution in [1.29, 1.82) is 0 Å². The molecular weight excluding hydrogens is 336 g/mol. The van der Waals surface area contributed by atoms with Crippen LogP contribution in [0.1, 0.15) is 48.0 Å². The van der Waals surface area contributed by atoms with Crippen molar-refractivity contribution in [2.45, 2.75) is 32.1 Å². The van der Waals surface area contributed by atoms with Gasteiger partial charge in [0.2, 0.25) is 5.91 Å². The summed E-state index contributed by atoms with van der Waals surface area (Å²) in [5.74, 6) is -0.0689. The third-order valence-corrected chi connectivity index (χ3v) is 3.80. The number of benzene rings is 2. The van der Waals surface area contributed by atoms with Crippen LogP contribution >= 0.6 is 12.4 Å². The Morgan fingerprint density at radius 1 is 0.840 bits per heavy atom. The van der Waals surface area contributed by atoms with Gasteiger partial charge in [0.05, 0.1) is 0 Å². The Labute approximate surface area is 155 Å². The SMILES string of the molecule is Cl.NCCCCCCC(=O)Nc1cccc(C(=O)c2ccccc2)c1. The second kappa shape index (κ2) is 11.4. The highest BCUT2D eigenvalue weighted by Gasteiger charge is 2.10. The number of halogens is 1. The first-order chi connectivity index (χ1) is 11.7. The summed E-state index contributed by atoms with van der Waals surface area (Å²) in [5, 5.41) is 2.86. The second-order valence-electron chi connectivity index (χ2n) is 5.78. The first-order valence-electron chi connectivity index (χ1n) is 8.40. The highest BCUT2D eigenvalue weighted by Crippen LogP contribution is 2.15. The molecule has 134 valence electrons. The third kappa shape index (κ3) is 7.08. The number of hydrogen-bond acceptors (Lipinski definition) is 3. The summed E-state index contributed by atoms with van der Waals surface area (Å²) in [6, 6.07) is 16.2. The molecule has 2 rings (SSSR count). The number of amides is 1. The fourth-order valence-corrected chi connectivity index (χ4v) is 2.50. The summed E-state index contributed by atoms with van der Waals surface area (Å²) >= 11 is 0. The van der Waals surface area contributed by atoms with E-state index >= 15 is 0 Å². The van der Waals surface area contributed by atoms with E-state index in [1.54, 1.807) is 36.4 Å². The minimum atomic E-state index is -0.0477. The van der Waals surface area contributed by atoms with Crippen molar-refractivity contribution in [3.05, 3.63) is 65.7 Å². The molecule has 0 saturated carbocycles. The zero-order valence-corrected chi connectivity index (χ0v) is 15.1. The number of nitrogens with one attached hydrogen (secondary N) is 1. The van der Waals surface area contributed by atoms with Crippen LogP contribution in [-0.4, -0.2) is 18.2 Å². The van der Waals surface area contributed by atoms with E-state index in [4.69, 9.17) is 5.73 Å². The van der Waals surface area contributed by atoms with Gasteiger partial charge in [0.1, 0.15) is 0 Å². The molecule has 0 radical (unpaired) electrons. The molecule has 2 aromatic carbocycles. The summed E-state index contributed by atoms with van der Waals surface area (Å²) in [6.45, 7) is 0.703. The zero-order valence-electron chi connectivity index (χ0n) is 14.2. The molecule has 0 aliphatic rings. The Balaban J connectivity index is 0.00000312. The molecule has 3 N–H and O–H groups in total. The zero-order chi connectivity index (χ0) is 17.2. The van der Waals surface area contributed by atoms with Gasteiger partial charge in [-0.05, 0) is 31.5 Å². The van der Waals surface area contributed by atoms with Gasteiger partial charge in [0.15, 0.2) is 5.78 Å². The predicted octanol–water partition coefficient (Wildman–Crippen LogP) is 4.19. The first kappa shape index (κ1) is 20.9. The molecule has 0 aliphatic heterocycles. The molecule has 0 aliphatic carbocycles. The first-order valence-corrected chi connectivity index (χ1v) is 8.40. The van der Waals surface area contributed by atoms with Gasteiger partial charge >= 0.3 is 0 Å². The summed E-state index contributed by atoms with van der Waals surface area (Å²) in [5.41, 5.74) is 7.31. The van der Waals surface area contributed by atoms with Crippen molar-refractivity contribution in [2.24, 2.45) is 5.73 Å². The van der Waals surface area contributed by atoms with Gasteiger partial charge < -0.3 is 11.1 Å². The normalized spacial score (nSPS) is 9.96. The number of hydrogen-bond donors (Lipinski definition) is 2. The standard InChI is InChI=1S/C20H24N2O2.ClH/c21-14-7-2-1-6-13-19(23)22-18-12-8-11-17(15-18)20(24)16-9-4-3-5-10-16;/h3-5,8-12,15H,1-2,6-7,13-14,21H2,(H,22,23);1H. The maximum absolute atomic E-state index is 12.4. The van der Waals surface area contributed by atoms with Crippen molar-refractivity contribution in [1.82, 2.24) is 0 Å². The number of nitrogens with two attached hydrogens (primary N) is 1. The number of carbonyl (C=O) groups excluding carboxylic acids is 2. The number of unbranched alkanes of at least 4 members (excludes halogenated alkanes) is 3. The molecular formula is C20H25ClN2O2. The largest absolute Gasteiger partial charge is 0.330 e. The third-order valence-electron chi connectivity index (χ3n) is 3.80. The van der Waals surface area contributed by atoms with E-state index in [1.165, 1.54) is 0 Å². The molecule has 0 spiro atoms. The van der Waals surface area contributed by atoms with Gasteiger partial charge in [0.25, 0.3) is 0 Å². The predicted molar refractivity (Wildman–Crippen MR) is 104 cm³/mol. The van der Waals surface area contributed by atoms with Crippen LogP contribution in [0.3, 0.4) is 0 Å². The van der Waals surface area contributed by atoms with Gasteiger partial charge in [0, 0.05) is 23.2 Å². The number of anilines is 1. The molecule has 25 heavy (non-hydrogen) atoms. The van der Waals surface area contributed by atoms with Crippen molar-refractivity contribution in [2.75, 3.05) is 11.9 Å². The van der Waals surface area contributed by atoms with Gasteiger partial charge in [-0.15, -0.1) is 12.4 Å². The fourth-order valence-electron chi connectivity index (χ4n) is 2.50. The lowest BCUT2D eigenvalue weighted by Crippen LogP contribution is -2.12. The summed E-state index contributed by atoms with van der Waals surface area (Å²) in [6.07, 6.45) is 4.42. The van der Waals surface area contributed by atoms with E-state index in [2.05, 4.69) is 5.32 Å². The summed E-state index contributed by atoms with van der Waals surface area (Å²) < 4.78 is 0. The molecule has 5 heteroatoms. The highest BCUT2D eigenvalue weighted by molar-refractivity contribution is 6.09. The van der Waals surface area contributed by atoms with Crippen molar-refractivity contribution in [3.63, 3.8) is 0 Å². The Bertz CT molecular complexity index is 674. The van der Waals surface area contributed by atoms with E-state index in [1.807, 2.05) is 18.2 Å². The van der Waals surface area contributed by atoms with Gasteiger partial charge in [-0.2, -0.15) is 0 Å². The van der Waals surface area contributed by atoms with Crippen LogP contribution in [0.4, 0.5) is 5.69 Å². The number of rotatable bonds is 9. The van der Waals surface area contributed by atoms with Crippen molar-refractivity contribution in [3.8, 4) is 0 Å². The van der Waals surface area contributed by atoms with E-state index in [0.29, 0.717) is 29.8 Å². The van der Waals surface area contributed by atoms with E-state index in [0.717, 1.165) is 25.7 Å². The van der Waals surface area contributed by atoms with Crippen LogP contribution in [-0.2, 0) is 4.79 Å². The molecule has 0 aromatic heterocycles. The molecule has 0 saturated heterocycles. The Morgan fingerprint density at radius 2 is 1.52 bits per heavy atom. The average molecular weight is 361 g/mol. The lowest BCUT2D eigenvalue weighted by molar-refractivity contribution is -0.116. The smallest absolute Gasteiger partial charge is 0.224 e. The van der Waals surface area contributed by atoms with Crippen molar-refractivity contribution >= 4 is 29.8 Å². The van der Waals surface area contributed by atoms with E-state index in [-0.39, 0.29) is 24.1 Å². The Hall–Kier alpha value is -2.17. The summed E-state index contributed by atoms with van der Waals surface area (Å²) in [7, 11) is 0. The lowest BCUT2D eigenvalue weighted by atomic mass is 10.0. The molecule has 0 bridgehead atoms. The molecule has 0 atom stereocenters. The van der Waals surface area contributed by atoms with E-state index < -0.39 is 0 Å². The molecule has 0 fully saturated rings. The van der Waals surface area contributed by atoms with Crippen molar-refractivity contribution < 1.29 is 9.59 Å². The highest BCUT2D eigenvalue weighted by atomic mass is 35.5. The van der Waals surface area contributed by atoms with Crippen LogP contribution in [0, 0.1) is 0 Å². The molecule has 4 nitrogen and oxygen atoms in total. The molecule has 0 heterocycles. The van der Waals surface area contributed by atoms with Crippen LogP contribution in [0.2, 0.25) is 0 Å². The van der Waals surface area contributed by atoms with E-state index in [9.17, 15) is 9.59 Å².